The van der Waals surface area contributed by atoms with Crippen LogP contribution in [0.25, 0.3) is 10.8 Å². The van der Waals surface area contributed by atoms with Crippen molar-refractivity contribution in [3.8, 4) is 0 Å². The van der Waals surface area contributed by atoms with E-state index >= 15 is 0 Å². The summed E-state index contributed by atoms with van der Waals surface area (Å²) in [5.74, 6) is 0.119. The molecule has 0 aromatic heterocycles. The fourth-order valence-corrected chi connectivity index (χ4v) is 3.51. The standard InChI is InChI=1S/C20H27N5O/c1-24-12-13-25(19(26)18(24)8-10-23-20(21)22)11-9-15-6-7-16-4-2-3-5-17(16)14-15/h2-7,14,18H,8-13H2,1H3,(H4,21,22,23)/t18-/m0/s1. The van der Waals surface area contributed by atoms with Crippen molar-refractivity contribution < 1.29 is 4.79 Å². The van der Waals surface area contributed by atoms with Crippen LogP contribution in [0.15, 0.2) is 42.5 Å². The molecule has 1 heterocycles. The van der Waals surface area contributed by atoms with Gasteiger partial charge >= 0.3 is 0 Å². The number of nitrogens with one attached hydrogen (secondary N) is 2. The number of fused-ring (bicyclic) bond motifs is 1. The highest BCUT2D eigenvalue weighted by molar-refractivity contribution is 5.84. The maximum absolute atomic E-state index is 12.8. The normalized spacial score (nSPS) is 18.3. The van der Waals surface area contributed by atoms with E-state index in [1.54, 1.807) is 0 Å². The Morgan fingerprint density at radius 3 is 2.77 bits per heavy atom. The van der Waals surface area contributed by atoms with Crippen LogP contribution in [-0.4, -0.2) is 60.9 Å². The Morgan fingerprint density at radius 2 is 2.00 bits per heavy atom. The van der Waals surface area contributed by atoms with Crippen molar-refractivity contribution in [1.29, 1.82) is 5.41 Å². The molecule has 1 aliphatic rings. The minimum absolute atomic E-state index is 0.0518. The van der Waals surface area contributed by atoms with Crippen molar-refractivity contribution >= 4 is 22.6 Å². The molecule has 0 spiro atoms. The second-order valence-electron chi connectivity index (χ2n) is 6.88. The molecule has 6 nitrogen and oxygen atoms in total. The van der Waals surface area contributed by atoms with Gasteiger partial charge in [0.2, 0.25) is 5.91 Å². The molecule has 26 heavy (non-hydrogen) atoms. The maximum Gasteiger partial charge on any atom is 0.240 e. The summed E-state index contributed by atoms with van der Waals surface area (Å²) < 4.78 is 0. The van der Waals surface area contributed by atoms with Gasteiger partial charge in [-0.1, -0.05) is 42.5 Å². The Labute approximate surface area is 154 Å². The molecule has 138 valence electrons. The molecule has 3 rings (SSSR count). The quantitative estimate of drug-likeness (QED) is 0.541. The fraction of sp³-hybridized carbons (Fsp3) is 0.400. The van der Waals surface area contributed by atoms with Crippen LogP contribution >= 0.6 is 0 Å². The van der Waals surface area contributed by atoms with E-state index in [1.165, 1.54) is 16.3 Å². The first-order valence-corrected chi connectivity index (χ1v) is 9.09. The van der Waals surface area contributed by atoms with Crippen molar-refractivity contribution in [1.82, 2.24) is 15.1 Å². The predicted molar refractivity (Wildman–Crippen MR) is 105 cm³/mol. The Kier molecular flexibility index (Phi) is 5.73. The molecule has 4 N–H and O–H groups in total. The molecule has 1 aliphatic heterocycles. The summed E-state index contributed by atoms with van der Waals surface area (Å²) in [6.45, 7) is 2.91. The monoisotopic (exact) mass is 353 g/mol. The van der Waals surface area contributed by atoms with Crippen LogP contribution in [-0.2, 0) is 11.2 Å². The van der Waals surface area contributed by atoms with Crippen LogP contribution < -0.4 is 11.1 Å². The van der Waals surface area contributed by atoms with Crippen molar-refractivity contribution in [2.24, 2.45) is 5.73 Å². The molecule has 0 bridgehead atoms. The summed E-state index contributed by atoms with van der Waals surface area (Å²) in [5, 5.41) is 12.5. The molecule has 1 amide bonds. The van der Waals surface area contributed by atoms with Crippen molar-refractivity contribution in [3.63, 3.8) is 0 Å². The number of hydrogen-bond donors (Lipinski definition) is 3. The minimum atomic E-state index is -0.146. The van der Waals surface area contributed by atoms with E-state index in [1.807, 2.05) is 18.0 Å². The van der Waals surface area contributed by atoms with Crippen LogP contribution in [0.4, 0.5) is 0 Å². The average molecular weight is 353 g/mol. The summed E-state index contributed by atoms with van der Waals surface area (Å²) in [6, 6.07) is 14.7. The Morgan fingerprint density at radius 1 is 1.23 bits per heavy atom. The lowest BCUT2D eigenvalue weighted by atomic mass is 10.0. The zero-order valence-corrected chi connectivity index (χ0v) is 15.2. The highest BCUT2D eigenvalue weighted by Gasteiger charge is 2.31. The Balaban J connectivity index is 1.59. The molecule has 0 unspecified atom stereocenters. The van der Waals surface area contributed by atoms with Crippen LogP contribution in [0.3, 0.4) is 0 Å². The summed E-state index contributed by atoms with van der Waals surface area (Å²) in [4.78, 5) is 16.9. The van der Waals surface area contributed by atoms with Gasteiger partial charge in [-0.15, -0.1) is 0 Å². The Bertz CT molecular complexity index is 791. The number of hydrogen-bond acceptors (Lipinski definition) is 3. The smallest absolute Gasteiger partial charge is 0.240 e. The zero-order valence-electron chi connectivity index (χ0n) is 15.2. The van der Waals surface area contributed by atoms with Gasteiger partial charge < -0.3 is 16.0 Å². The van der Waals surface area contributed by atoms with Gasteiger partial charge in [-0.25, -0.2) is 0 Å². The number of amides is 1. The van der Waals surface area contributed by atoms with E-state index in [2.05, 4.69) is 46.6 Å². The molecular formula is C20H27N5O. The number of benzene rings is 2. The van der Waals surface area contributed by atoms with Crippen molar-refractivity contribution in [2.45, 2.75) is 18.9 Å². The van der Waals surface area contributed by atoms with Gasteiger partial charge in [0.1, 0.15) is 0 Å². The third-order valence-electron chi connectivity index (χ3n) is 5.07. The lowest BCUT2D eigenvalue weighted by Crippen LogP contribution is -2.56. The van der Waals surface area contributed by atoms with Gasteiger partial charge in [0.25, 0.3) is 0 Å². The van der Waals surface area contributed by atoms with Gasteiger partial charge in [0.15, 0.2) is 5.96 Å². The second kappa shape index (κ2) is 8.19. The highest BCUT2D eigenvalue weighted by Crippen LogP contribution is 2.17. The largest absolute Gasteiger partial charge is 0.370 e. The first kappa shape index (κ1) is 18.2. The molecule has 1 saturated heterocycles. The average Bonchev–Trinajstić information content (AvgIpc) is 2.63. The van der Waals surface area contributed by atoms with E-state index < -0.39 is 0 Å². The SMILES string of the molecule is CN1CCN(CCc2ccc3ccccc3c2)C(=O)[C@@H]1CCNC(=N)N. The molecule has 2 aromatic carbocycles. The predicted octanol–water partition coefficient (Wildman–Crippen LogP) is 1.40. The third kappa shape index (κ3) is 4.32. The number of piperazine rings is 1. The topological polar surface area (TPSA) is 85.5 Å². The van der Waals surface area contributed by atoms with E-state index in [4.69, 9.17) is 11.1 Å². The van der Waals surface area contributed by atoms with Crippen LogP contribution in [0.5, 0.6) is 0 Å². The number of guanidine groups is 1. The molecular weight excluding hydrogens is 326 g/mol. The molecule has 0 saturated carbocycles. The minimum Gasteiger partial charge on any atom is -0.370 e. The first-order chi connectivity index (χ1) is 12.5. The summed E-state index contributed by atoms with van der Waals surface area (Å²) >= 11 is 0. The molecule has 1 atom stereocenters. The summed E-state index contributed by atoms with van der Waals surface area (Å²) in [7, 11) is 1.98. The van der Waals surface area contributed by atoms with Gasteiger partial charge in [-0.05, 0) is 36.2 Å². The van der Waals surface area contributed by atoms with E-state index in [-0.39, 0.29) is 17.9 Å². The van der Waals surface area contributed by atoms with E-state index in [9.17, 15) is 4.79 Å². The molecule has 0 aliphatic carbocycles. The number of nitrogens with two attached hydrogens (primary N) is 1. The van der Waals surface area contributed by atoms with Crippen molar-refractivity contribution in [3.05, 3.63) is 48.0 Å². The second-order valence-corrected chi connectivity index (χ2v) is 6.88. The molecule has 1 fully saturated rings. The zero-order chi connectivity index (χ0) is 18.5. The number of carbonyl (C=O) groups excluding carboxylic acids is 1. The van der Waals surface area contributed by atoms with Crippen LogP contribution in [0.2, 0.25) is 0 Å². The van der Waals surface area contributed by atoms with Gasteiger partial charge in [-0.2, -0.15) is 0 Å². The summed E-state index contributed by atoms with van der Waals surface area (Å²) in [6.07, 6.45) is 1.51. The van der Waals surface area contributed by atoms with Crippen molar-refractivity contribution in [2.75, 3.05) is 33.2 Å². The van der Waals surface area contributed by atoms with E-state index in [0.29, 0.717) is 13.0 Å². The number of likely N-dealkylation sites (N-methyl/N-ethyl adjacent to an activating group) is 1. The number of rotatable bonds is 6. The lowest BCUT2D eigenvalue weighted by Gasteiger charge is -2.38. The van der Waals surface area contributed by atoms with E-state index in [0.717, 1.165) is 26.1 Å². The Hall–Kier alpha value is -2.60. The van der Waals surface area contributed by atoms with Gasteiger partial charge in [-0.3, -0.25) is 15.1 Å². The van der Waals surface area contributed by atoms with Gasteiger partial charge in [0, 0.05) is 26.2 Å². The molecule has 2 aromatic rings. The maximum atomic E-state index is 12.8. The highest BCUT2D eigenvalue weighted by atomic mass is 16.2. The third-order valence-corrected chi connectivity index (χ3v) is 5.07. The summed E-state index contributed by atoms with van der Waals surface area (Å²) in [5.41, 5.74) is 6.57. The molecule has 6 heteroatoms. The number of carbonyl (C=O) groups is 1. The fourth-order valence-electron chi connectivity index (χ4n) is 3.51. The first-order valence-electron chi connectivity index (χ1n) is 9.09. The lowest BCUT2D eigenvalue weighted by molar-refractivity contribution is -0.141. The number of nitrogens with zero attached hydrogens (tertiary/aromatic N) is 2. The van der Waals surface area contributed by atoms with Crippen LogP contribution in [0, 0.1) is 5.41 Å². The van der Waals surface area contributed by atoms with Crippen LogP contribution in [0.1, 0.15) is 12.0 Å². The molecule has 0 radical (unpaired) electrons. The van der Waals surface area contributed by atoms with Gasteiger partial charge in [0.05, 0.1) is 6.04 Å².